The number of anilines is 1. The van der Waals surface area contributed by atoms with Gasteiger partial charge in [-0.05, 0) is 30.7 Å². The Kier molecular flexibility index (Phi) is 4.20. The number of carbonyl (C=O) groups is 1. The van der Waals surface area contributed by atoms with Gasteiger partial charge in [0.25, 0.3) is 5.91 Å². The number of amides is 1. The topological polar surface area (TPSA) is 63.2 Å². The van der Waals surface area contributed by atoms with Crippen LogP contribution in [-0.2, 0) is 16.6 Å². The van der Waals surface area contributed by atoms with E-state index in [4.69, 9.17) is 0 Å². The Morgan fingerprint density at radius 2 is 1.95 bits per heavy atom. The average Bonchev–Trinajstić information content (AvgIpc) is 2.87. The summed E-state index contributed by atoms with van der Waals surface area (Å²) in [4.78, 5) is 13.0. The number of carbonyl (C=O) groups excluding carboxylic acids is 1. The summed E-state index contributed by atoms with van der Waals surface area (Å²) >= 11 is 1.32. The molecule has 0 unspecified atom stereocenters. The van der Waals surface area contributed by atoms with Gasteiger partial charge < -0.3 is 5.32 Å². The fourth-order valence-corrected chi connectivity index (χ4v) is 3.12. The van der Waals surface area contributed by atoms with Gasteiger partial charge in [0.2, 0.25) is 0 Å². The van der Waals surface area contributed by atoms with E-state index in [9.17, 15) is 17.1 Å². The van der Waals surface area contributed by atoms with Crippen LogP contribution in [0.1, 0.15) is 21.5 Å². The van der Waals surface area contributed by atoms with Gasteiger partial charge in [-0.15, -0.1) is 15.2 Å². The average molecular weight is 313 g/mol. The summed E-state index contributed by atoms with van der Waals surface area (Å²) in [7, 11) is -4.87. The van der Waals surface area contributed by atoms with Crippen LogP contribution in [0.15, 0.2) is 41.3 Å². The van der Waals surface area contributed by atoms with E-state index in [1.54, 1.807) is 6.07 Å². The van der Waals surface area contributed by atoms with E-state index in [2.05, 4.69) is 5.32 Å². The number of benzene rings is 1. The van der Waals surface area contributed by atoms with Crippen LogP contribution in [0.2, 0.25) is 0 Å². The highest BCUT2D eigenvalue weighted by Gasteiger charge is 2.19. The van der Waals surface area contributed by atoms with Crippen molar-refractivity contribution >= 4 is 33.2 Å². The van der Waals surface area contributed by atoms with Crippen LogP contribution in [0.25, 0.3) is 0 Å². The van der Waals surface area contributed by atoms with E-state index in [0.29, 0.717) is 4.88 Å². The highest BCUT2D eigenvalue weighted by molar-refractivity contribution is 7.86. The van der Waals surface area contributed by atoms with Crippen LogP contribution in [0.4, 0.5) is 9.57 Å². The van der Waals surface area contributed by atoms with Gasteiger partial charge in [-0.1, -0.05) is 19.1 Å². The van der Waals surface area contributed by atoms with E-state index in [-0.39, 0.29) is 5.69 Å². The maximum Gasteiger partial charge on any atom is 0.334 e. The number of para-hydroxylation sites is 1. The number of rotatable bonds is 4. The minimum Gasteiger partial charge on any atom is -0.320 e. The molecule has 0 spiro atoms. The first kappa shape index (κ1) is 14.7. The SMILES string of the molecule is CCc1ccc(C(=O)Nc2ccccc2S(=O)(=O)F)s1. The highest BCUT2D eigenvalue weighted by Crippen LogP contribution is 2.24. The molecule has 0 fully saturated rings. The van der Waals surface area contributed by atoms with Gasteiger partial charge in [0.1, 0.15) is 4.90 Å². The monoisotopic (exact) mass is 313 g/mol. The molecule has 0 aliphatic heterocycles. The van der Waals surface area contributed by atoms with Crippen LogP contribution >= 0.6 is 11.3 Å². The van der Waals surface area contributed by atoms with Crippen molar-refractivity contribution < 1.29 is 17.1 Å². The number of aryl methyl sites for hydroxylation is 1. The first-order valence-corrected chi connectivity index (χ1v) is 8.05. The summed E-state index contributed by atoms with van der Waals surface area (Å²) in [5.41, 5.74) is -0.0635. The highest BCUT2D eigenvalue weighted by atomic mass is 32.3. The lowest BCUT2D eigenvalue weighted by Crippen LogP contribution is -2.12. The largest absolute Gasteiger partial charge is 0.334 e. The third-order valence-electron chi connectivity index (χ3n) is 2.63. The lowest BCUT2D eigenvalue weighted by Gasteiger charge is -2.07. The molecule has 0 saturated carbocycles. The van der Waals surface area contributed by atoms with Crippen molar-refractivity contribution in [2.24, 2.45) is 0 Å². The third kappa shape index (κ3) is 3.23. The molecule has 20 heavy (non-hydrogen) atoms. The molecule has 1 aromatic heterocycles. The Bertz CT molecular complexity index is 738. The number of thiophene rings is 1. The lowest BCUT2D eigenvalue weighted by molar-refractivity contribution is 0.103. The molecule has 1 amide bonds. The third-order valence-corrected chi connectivity index (χ3v) is 4.74. The van der Waals surface area contributed by atoms with Crippen molar-refractivity contribution in [3.8, 4) is 0 Å². The molecule has 7 heteroatoms. The predicted octanol–water partition coefficient (Wildman–Crippen LogP) is 3.22. The first-order chi connectivity index (χ1) is 9.41. The first-order valence-electron chi connectivity index (χ1n) is 5.85. The fraction of sp³-hybridized carbons (Fsp3) is 0.154. The van der Waals surface area contributed by atoms with E-state index in [1.807, 2.05) is 13.0 Å². The second kappa shape index (κ2) is 5.72. The molecule has 1 aromatic carbocycles. The molecular weight excluding hydrogens is 301 g/mol. The maximum absolute atomic E-state index is 13.1. The van der Waals surface area contributed by atoms with Gasteiger partial charge in [0.15, 0.2) is 0 Å². The molecule has 0 bridgehead atoms. The summed E-state index contributed by atoms with van der Waals surface area (Å²) in [5, 5.41) is 2.42. The molecule has 1 heterocycles. The van der Waals surface area contributed by atoms with Crippen molar-refractivity contribution in [2.45, 2.75) is 18.2 Å². The predicted molar refractivity (Wildman–Crippen MR) is 76.4 cm³/mol. The number of hydrogen-bond donors (Lipinski definition) is 1. The molecule has 0 saturated heterocycles. The molecule has 0 aliphatic carbocycles. The van der Waals surface area contributed by atoms with Gasteiger partial charge >= 0.3 is 10.2 Å². The minimum atomic E-state index is -4.87. The Hall–Kier alpha value is -1.73. The Balaban J connectivity index is 2.29. The summed E-state index contributed by atoms with van der Waals surface area (Å²) in [6.45, 7) is 1.97. The van der Waals surface area contributed by atoms with E-state index < -0.39 is 21.0 Å². The summed E-state index contributed by atoms with van der Waals surface area (Å²) in [6, 6.07) is 8.86. The van der Waals surface area contributed by atoms with Crippen molar-refractivity contribution in [2.75, 3.05) is 5.32 Å². The molecular formula is C13H12FNO3S2. The van der Waals surface area contributed by atoms with E-state index in [0.717, 1.165) is 17.4 Å². The van der Waals surface area contributed by atoms with Crippen molar-refractivity contribution in [3.63, 3.8) is 0 Å². The quantitative estimate of drug-likeness (QED) is 0.882. The zero-order valence-corrected chi connectivity index (χ0v) is 12.2. The molecule has 2 rings (SSSR count). The summed E-state index contributed by atoms with van der Waals surface area (Å²) in [6.07, 6.45) is 0.813. The maximum atomic E-state index is 13.1. The Morgan fingerprint density at radius 3 is 2.55 bits per heavy atom. The summed E-state index contributed by atoms with van der Waals surface area (Å²) < 4.78 is 35.1. The molecule has 0 aliphatic rings. The van der Waals surface area contributed by atoms with Crippen LogP contribution in [0.5, 0.6) is 0 Å². The zero-order chi connectivity index (χ0) is 14.8. The molecule has 1 N–H and O–H groups in total. The van der Waals surface area contributed by atoms with Crippen LogP contribution < -0.4 is 5.32 Å². The fourth-order valence-electron chi connectivity index (χ4n) is 1.66. The van der Waals surface area contributed by atoms with Gasteiger partial charge in [-0.2, -0.15) is 8.42 Å². The summed E-state index contributed by atoms with van der Waals surface area (Å²) in [5.74, 6) is -0.453. The minimum absolute atomic E-state index is 0.0635. The van der Waals surface area contributed by atoms with E-state index in [1.165, 1.54) is 29.5 Å². The number of hydrogen-bond acceptors (Lipinski definition) is 4. The normalized spacial score (nSPS) is 11.3. The van der Waals surface area contributed by atoms with Gasteiger partial charge in [-0.25, -0.2) is 0 Å². The van der Waals surface area contributed by atoms with Crippen LogP contribution in [-0.4, -0.2) is 14.3 Å². The zero-order valence-electron chi connectivity index (χ0n) is 10.6. The smallest absolute Gasteiger partial charge is 0.320 e. The van der Waals surface area contributed by atoms with Crippen molar-refractivity contribution in [1.29, 1.82) is 0 Å². The molecule has 106 valence electrons. The van der Waals surface area contributed by atoms with Gasteiger partial charge in [0, 0.05) is 4.88 Å². The number of halogens is 1. The molecule has 2 aromatic rings. The molecule has 4 nitrogen and oxygen atoms in total. The van der Waals surface area contributed by atoms with Gasteiger partial charge in [0.05, 0.1) is 10.6 Å². The van der Waals surface area contributed by atoms with Crippen LogP contribution in [0, 0.1) is 0 Å². The van der Waals surface area contributed by atoms with Crippen LogP contribution in [0.3, 0.4) is 0 Å². The number of nitrogens with one attached hydrogen (secondary N) is 1. The second-order valence-electron chi connectivity index (χ2n) is 4.01. The van der Waals surface area contributed by atoms with E-state index >= 15 is 0 Å². The Morgan fingerprint density at radius 1 is 1.25 bits per heavy atom. The van der Waals surface area contributed by atoms with Crippen molar-refractivity contribution in [3.05, 3.63) is 46.2 Å². The second-order valence-corrected chi connectivity index (χ2v) is 6.49. The molecule has 0 atom stereocenters. The standard InChI is InChI=1S/C13H12FNO3S2/c1-2-9-7-8-11(19-9)13(16)15-10-5-3-4-6-12(10)20(14,17)18/h3-8H,2H2,1H3,(H,15,16). The Labute approximate surface area is 120 Å². The lowest BCUT2D eigenvalue weighted by atomic mass is 10.3. The molecule has 0 radical (unpaired) electrons. The van der Waals surface area contributed by atoms with Crippen molar-refractivity contribution in [1.82, 2.24) is 0 Å². The van der Waals surface area contributed by atoms with Gasteiger partial charge in [-0.3, -0.25) is 4.79 Å².